The third-order valence-corrected chi connectivity index (χ3v) is 7.09. The molecule has 2 fully saturated rings. The number of nitrogens with zero attached hydrogens (tertiary/aromatic N) is 1. The van der Waals surface area contributed by atoms with Crippen LogP contribution in [0.3, 0.4) is 0 Å². The van der Waals surface area contributed by atoms with Crippen molar-refractivity contribution in [3.63, 3.8) is 0 Å². The van der Waals surface area contributed by atoms with Crippen LogP contribution >= 0.6 is 0 Å². The molecular formula is C25H34N2O3. The second-order valence-electron chi connectivity index (χ2n) is 8.93. The fraction of sp³-hybridized carbons (Fsp3) is 0.600. The summed E-state index contributed by atoms with van der Waals surface area (Å²) in [4.78, 5) is 28.6. The molecule has 0 aromatic heterocycles. The number of amides is 2. The van der Waals surface area contributed by atoms with Crippen LogP contribution in [0.25, 0.3) is 0 Å². The van der Waals surface area contributed by atoms with E-state index < -0.39 is 0 Å². The maximum Gasteiger partial charge on any atom is 0.258 e. The van der Waals surface area contributed by atoms with Gasteiger partial charge >= 0.3 is 0 Å². The number of carbonyl (C=O) groups is 2. The minimum absolute atomic E-state index is 0.00376. The molecule has 1 aromatic rings. The topological polar surface area (TPSA) is 58.6 Å². The number of carbonyl (C=O) groups excluding carboxylic acids is 2. The number of fused-ring (bicyclic) bond motifs is 1. The van der Waals surface area contributed by atoms with Crippen LogP contribution in [0.5, 0.6) is 5.75 Å². The Bertz CT molecular complexity index is 803. The molecule has 3 aliphatic rings. The SMILES string of the molecule is COc1ccccc1C(=O)N1[C@@H]2CCCC[C@H]2C[C@H]1C(=O)NCCC1=CCCCC1. The lowest BCUT2D eigenvalue weighted by Gasteiger charge is -2.34. The number of benzene rings is 1. The molecule has 1 saturated carbocycles. The van der Waals surface area contributed by atoms with Crippen LogP contribution in [0.15, 0.2) is 35.9 Å². The third kappa shape index (κ3) is 4.40. The van der Waals surface area contributed by atoms with Crippen LogP contribution in [0, 0.1) is 5.92 Å². The Kier molecular flexibility index (Phi) is 6.76. The average Bonchev–Trinajstić information content (AvgIpc) is 3.19. The third-order valence-electron chi connectivity index (χ3n) is 7.09. The zero-order chi connectivity index (χ0) is 20.9. The Balaban J connectivity index is 1.49. The molecule has 2 amide bonds. The summed E-state index contributed by atoms with van der Waals surface area (Å²) < 4.78 is 5.44. The number of likely N-dealkylation sites (tertiary alicyclic amines) is 1. The molecule has 1 aliphatic heterocycles. The maximum atomic E-state index is 13.6. The Hall–Kier alpha value is -2.30. The van der Waals surface area contributed by atoms with Crippen molar-refractivity contribution in [3.8, 4) is 5.75 Å². The van der Waals surface area contributed by atoms with Crippen molar-refractivity contribution in [2.24, 2.45) is 5.92 Å². The number of methoxy groups -OCH3 is 1. The largest absolute Gasteiger partial charge is 0.496 e. The number of para-hydroxylation sites is 1. The highest BCUT2D eigenvalue weighted by Gasteiger charge is 2.47. The van der Waals surface area contributed by atoms with E-state index in [1.165, 1.54) is 24.8 Å². The molecule has 30 heavy (non-hydrogen) atoms. The van der Waals surface area contributed by atoms with Gasteiger partial charge in [-0.2, -0.15) is 0 Å². The van der Waals surface area contributed by atoms with Gasteiger partial charge in [0, 0.05) is 12.6 Å². The zero-order valence-electron chi connectivity index (χ0n) is 18.1. The van der Waals surface area contributed by atoms with Gasteiger partial charge in [-0.05, 0) is 69.4 Å². The first-order chi connectivity index (χ1) is 14.7. The van der Waals surface area contributed by atoms with E-state index in [4.69, 9.17) is 4.74 Å². The Morgan fingerprint density at radius 1 is 1.13 bits per heavy atom. The van der Waals surface area contributed by atoms with E-state index in [9.17, 15) is 9.59 Å². The van der Waals surface area contributed by atoms with Crippen LogP contribution in [-0.2, 0) is 4.79 Å². The van der Waals surface area contributed by atoms with Gasteiger partial charge in [-0.1, -0.05) is 36.6 Å². The van der Waals surface area contributed by atoms with E-state index in [2.05, 4.69) is 11.4 Å². The number of ether oxygens (including phenoxy) is 1. The number of rotatable bonds is 6. The van der Waals surface area contributed by atoms with Crippen LogP contribution < -0.4 is 10.1 Å². The molecule has 0 unspecified atom stereocenters. The molecule has 162 valence electrons. The molecular weight excluding hydrogens is 376 g/mol. The predicted octanol–water partition coefficient (Wildman–Crippen LogP) is 4.48. The Morgan fingerprint density at radius 2 is 1.97 bits per heavy atom. The number of allylic oxidation sites excluding steroid dienone is 1. The van der Waals surface area contributed by atoms with Crippen LogP contribution in [0.4, 0.5) is 0 Å². The summed E-state index contributed by atoms with van der Waals surface area (Å²) >= 11 is 0. The minimum Gasteiger partial charge on any atom is -0.496 e. The molecule has 4 rings (SSSR count). The van der Waals surface area contributed by atoms with Gasteiger partial charge in [0.05, 0.1) is 12.7 Å². The van der Waals surface area contributed by atoms with Crippen molar-refractivity contribution in [2.75, 3.05) is 13.7 Å². The highest BCUT2D eigenvalue weighted by Crippen LogP contribution is 2.41. The lowest BCUT2D eigenvalue weighted by Crippen LogP contribution is -2.49. The van der Waals surface area contributed by atoms with Crippen LogP contribution in [0.1, 0.15) is 74.6 Å². The highest BCUT2D eigenvalue weighted by molar-refractivity contribution is 6.00. The summed E-state index contributed by atoms with van der Waals surface area (Å²) in [6.07, 6.45) is 13.3. The lowest BCUT2D eigenvalue weighted by atomic mass is 9.84. The van der Waals surface area contributed by atoms with Gasteiger partial charge in [0.15, 0.2) is 0 Å². The molecule has 5 heteroatoms. The molecule has 0 radical (unpaired) electrons. The summed E-state index contributed by atoms with van der Waals surface area (Å²) in [5, 5.41) is 3.14. The second kappa shape index (κ2) is 9.67. The minimum atomic E-state index is -0.379. The smallest absolute Gasteiger partial charge is 0.258 e. The quantitative estimate of drug-likeness (QED) is 0.704. The molecule has 1 N–H and O–H groups in total. The van der Waals surface area contributed by atoms with E-state index in [-0.39, 0.29) is 23.9 Å². The molecule has 1 heterocycles. The van der Waals surface area contributed by atoms with Crippen molar-refractivity contribution in [1.82, 2.24) is 10.2 Å². The standard InChI is InChI=1S/C25H34N2O3/c1-30-23-14-8-6-12-20(23)25(29)27-21-13-7-5-11-19(21)17-22(27)24(28)26-16-15-18-9-3-2-4-10-18/h6,8-9,12,14,19,21-22H,2-5,7,10-11,13,15-17H2,1H3,(H,26,28)/t19-,21+,22-/m0/s1. The van der Waals surface area contributed by atoms with Gasteiger partial charge < -0.3 is 15.0 Å². The summed E-state index contributed by atoms with van der Waals surface area (Å²) in [6.45, 7) is 0.660. The van der Waals surface area contributed by atoms with Crippen molar-refractivity contribution in [1.29, 1.82) is 0 Å². The first-order valence-corrected chi connectivity index (χ1v) is 11.6. The first-order valence-electron chi connectivity index (χ1n) is 11.6. The van der Waals surface area contributed by atoms with Crippen molar-refractivity contribution >= 4 is 11.8 Å². The molecule has 2 aliphatic carbocycles. The van der Waals surface area contributed by atoms with Gasteiger partial charge in [0.2, 0.25) is 5.91 Å². The summed E-state index contributed by atoms with van der Waals surface area (Å²) in [5.41, 5.74) is 2.01. The zero-order valence-corrected chi connectivity index (χ0v) is 18.1. The van der Waals surface area contributed by atoms with Crippen LogP contribution in [-0.4, -0.2) is 42.5 Å². The highest BCUT2D eigenvalue weighted by atomic mass is 16.5. The van der Waals surface area contributed by atoms with E-state index >= 15 is 0 Å². The van der Waals surface area contributed by atoms with E-state index in [0.29, 0.717) is 23.8 Å². The summed E-state index contributed by atoms with van der Waals surface area (Å²) in [7, 11) is 1.59. The lowest BCUT2D eigenvalue weighted by molar-refractivity contribution is -0.125. The Morgan fingerprint density at radius 3 is 2.77 bits per heavy atom. The van der Waals surface area contributed by atoms with Gasteiger partial charge in [-0.15, -0.1) is 0 Å². The fourth-order valence-corrected chi connectivity index (χ4v) is 5.54. The van der Waals surface area contributed by atoms with Gasteiger partial charge in [0.1, 0.15) is 11.8 Å². The van der Waals surface area contributed by atoms with Crippen molar-refractivity contribution in [3.05, 3.63) is 41.5 Å². The van der Waals surface area contributed by atoms with Crippen molar-refractivity contribution < 1.29 is 14.3 Å². The van der Waals surface area contributed by atoms with E-state index in [0.717, 1.165) is 44.9 Å². The maximum absolute atomic E-state index is 13.6. The van der Waals surface area contributed by atoms with E-state index in [1.807, 2.05) is 29.2 Å². The monoisotopic (exact) mass is 410 g/mol. The molecule has 3 atom stereocenters. The summed E-state index contributed by atoms with van der Waals surface area (Å²) in [5.74, 6) is 0.931. The average molecular weight is 411 g/mol. The van der Waals surface area contributed by atoms with Gasteiger partial charge in [-0.3, -0.25) is 9.59 Å². The van der Waals surface area contributed by atoms with Crippen LogP contribution in [0.2, 0.25) is 0 Å². The number of hydrogen-bond donors (Lipinski definition) is 1. The normalized spacial score (nSPS) is 26.0. The second-order valence-corrected chi connectivity index (χ2v) is 8.93. The van der Waals surface area contributed by atoms with E-state index in [1.54, 1.807) is 7.11 Å². The predicted molar refractivity (Wildman–Crippen MR) is 117 cm³/mol. The molecule has 1 saturated heterocycles. The number of nitrogens with one attached hydrogen (secondary N) is 1. The first kappa shape index (κ1) is 21.0. The molecule has 0 spiro atoms. The fourth-order valence-electron chi connectivity index (χ4n) is 5.54. The molecule has 0 bridgehead atoms. The van der Waals surface area contributed by atoms with Gasteiger partial charge in [-0.25, -0.2) is 0 Å². The Labute approximate surface area is 179 Å². The molecule has 5 nitrogen and oxygen atoms in total. The van der Waals surface area contributed by atoms with Crippen molar-refractivity contribution in [2.45, 2.75) is 76.3 Å². The van der Waals surface area contributed by atoms with Gasteiger partial charge in [0.25, 0.3) is 5.91 Å². The molecule has 1 aromatic carbocycles. The summed E-state index contributed by atoms with van der Waals surface area (Å²) in [6, 6.07) is 7.13. The number of hydrogen-bond acceptors (Lipinski definition) is 3.